The van der Waals surface area contributed by atoms with Gasteiger partial charge in [0.05, 0.1) is 5.69 Å². The summed E-state index contributed by atoms with van der Waals surface area (Å²) in [6.45, 7) is 7.57. The molecule has 1 unspecified atom stereocenters. The molecule has 19 heavy (non-hydrogen) atoms. The summed E-state index contributed by atoms with van der Waals surface area (Å²) in [6.07, 6.45) is 2.24. The van der Waals surface area contributed by atoms with Crippen molar-refractivity contribution in [3.63, 3.8) is 0 Å². The zero-order valence-electron chi connectivity index (χ0n) is 11.6. The number of ether oxygens (including phenoxy) is 1. The molecule has 1 aliphatic rings. The Balaban J connectivity index is 1.90. The molecule has 0 saturated carbocycles. The SMILES string of the molecule is CCn1nc(C)c2nc(N)n(CCC3CCOC3)c21. The van der Waals surface area contributed by atoms with Crippen LogP contribution in [-0.4, -0.2) is 32.5 Å². The number of aryl methyl sites for hydroxylation is 3. The highest BCUT2D eigenvalue weighted by molar-refractivity contribution is 5.77. The van der Waals surface area contributed by atoms with Crippen LogP contribution in [0.4, 0.5) is 5.95 Å². The second kappa shape index (κ2) is 4.85. The van der Waals surface area contributed by atoms with Gasteiger partial charge >= 0.3 is 0 Å². The van der Waals surface area contributed by atoms with Crippen LogP contribution in [0.15, 0.2) is 0 Å². The molecule has 3 heterocycles. The van der Waals surface area contributed by atoms with E-state index in [0.717, 1.165) is 56.0 Å². The van der Waals surface area contributed by atoms with Crippen LogP contribution in [0.3, 0.4) is 0 Å². The van der Waals surface area contributed by atoms with Crippen molar-refractivity contribution in [2.24, 2.45) is 5.92 Å². The van der Waals surface area contributed by atoms with Crippen molar-refractivity contribution < 1.29 is 4.74 Å². The third kappa shape index (κ3) is 2.10. The number of fused-ring (bicyclic) bond motifs is 1. The maximum absolute atomic E-state index is 6.05. The number of nitrogens with zero attached hydrogens (tertiary/aromatic N) is 4. The van der Waals surface area contributed by atoms with Gasteiger partial charge in [-0.2, -0.15) is 5.10 Å². The molecule has 6 nitrogen and oxygen atoms in total. The number of imidazole rings is 1. The summed E-state index contributed by atoms with van der Waals surface area (Å²) in [6, 6.07) is 0. The molecule has 104 valence electrons. The Morgan fingerprint density at radius 1 is 1.47 bits per heavy atom. The van der Waals surface area contributed by atoms with Crippen LogP contribution in [0.5, 0.6) is 0 Å². The molecule has 2 N–H and O–H groups in total. The van der Waals surface area contributed by atoms with Crippen molar-refractivity contribution in [3.8, 4) is 0 Å². The van der Waals surface area contributed by atoms with E-state index in [9.17, 15) is 0 Å². The Morgan fingerprint density at radius 3 is 3.00 bits per heavy atom. The lowest BCUT2D eigenvalue weighted by Crippen LogP contribution is -2.11. The average Bonchev–Trinajstić information content (AvgIpc) is 3.06. The molecule has 1 aliphatic heterocycles. The van der Waals surface area contributed by atoms with E-state index in [4.69, 9.17) is 10.5 Å². The molecule has 0 amide bonds. The fraction of sp³-hybridized carbons (Fsp3) is 0.692. The first kappa shape index (κ1) is 12.5. The maximum atomic E-state index is 6.05. The summed E-state index contributed by atoms with van der Waals surface area (Å²) < 4.78 is 9.50. The zero-order valence-corrected chi connectivity index (χ0v) is 11.6. The molecule has 0 radical (unpaired) electrons. The quantitative estimate of drug-likeness (QED) is 0.909. The van der Waals surface area contributed by atoms with E-state index in [1.807, 2.05) is 11.6 Å². The van der Waals surface area contributed by atoms with Gasteiger partial charge in [-0.25, -0.2) is 9.67 Å². The zero-order chi connectivity index (χ0) is 13.4. The third-order valence-corrected chi connectivity index (χ3v) is 3.91. The van der Waals surface area contributed by atoms with E-state index < -0.39 is 0 Å². The molecule has 2 aromatic rings. The highest BCUT2D eigenvalue weighted by Gasteiger charge is 2.19. The van der Waals surface area contributed by atoms with Gasteiger partial charge in [-0.15, -0.1) is 0 Å². The lowest BCUT2D eigenvalue weighted by atomic mass is 10.1. The fourth-order valence-corrected chi connectivity index (χ4v) is 2.80. The van der Waals surface area contributed by atoms with E-state index in [1.165, 1.54) is 0 Å². The van der Waals surface area contributed by atoms with E-state index in [0.29, 0.717) is 11.9 Å². The summed E-state index contributed by atoms with van der Waals surface area (Å²) >= 11 is 0. The molecule has 1 saturated heterocycles. The van der Waals surface area contributed by atoms with Crippen molar-refractivity contribution in [1.29, 1.82) is 0 Å². The largest absolute Gasteiger partial charge is 0.381 e. The van der Waals surface area contributed by atoms with Gasteiger partial charge in [0, 0.05) is 26.3 Å². The minimum absolute atomic E-state index is 0.594. The van der Waals surface area contributed by atoms with Crippen molar-refractivity contribution in [2.45, 2.75) is 39.8 Å². The maximum Gasteiger partial charge on any atom is 0.202 e. The Labute approximate surface area is 112 Å². The summed E-state index contributed by atoms with van der Waals surface area (Å²) in [5.74, 6) is 1.24. The number of aromatic nitrogens is 4. The van der Waals surface area contributed by atoms with Crippen LogP contribution < -0.4 is 5.73 Å². The molecular formula is C13H21N5O. The highest BCUT2D eigenvalue weighted by atomic mass is 16.5. The standard InChI is InChI=1S/C13H21N5O/c1-3-18-12-11(9(2)16-18)15-13(14)17(12)6-4-10-5-7-19-8-10/h10H,3-8H2,1-2H3,(H2,14,15). The minimum atomic E-state index is 0.594. The summed E-state index contributed by atoms with van der Waals surface area (Å²) in [7, 11) is 0. The molecule has 6 heteroatoms. The first-order chi connectivity index (χ1) is 9.20. The number of hydrogen-bond acceptors (Lipinski definition) is 4. The lowest BCUT2D eigenvalue weighted by Gasteiger charge is -2.11. The van der Waals surface area contributed by atoms with Crippen LogP contribution in [0.1, 0.15) is 25.5 Å². The Bertz CT molecular complexity index is 579. The first-order valence-electron chi connectivity index (χ1n) is 6.97. The molecule has 0 aromatic carbocycles. The van der Waals surface area contributed by atoms with Gasteiger partial charge in [0.25, 0.3) is 0 Å². The molecule has 0 bridgehead atoms. The van der Waals surface area contributed by atoms with Gasteiger partial charge in [-0.05, 0) is 32.6 Å². The van der Waals surface area contributed by atoms with Gasteiger partial charge in [0.1, 0.15) is 5.52 Å². The van der Waals surface area contributed by atoms with Crippen LogP contribution in [0.25, 0.3) is 11.2 Å². The normalized spacial score (nSPS) is 19.6. The Kier molecular flexibility index (Phi) is 3.18. The number of rotatable bonds is 4. The lowest BCUT2D eigenvalue weighted by molar-refractivity contribution is 0.183. The van der Waals surface area contributed by atoms with E-state index in [2.05, 4.69) is 21.6 Å². The smallest absolute Gasteiger partial charge is 0.202 e. The molecule has 0 aliphatic carbocycles. The number of nitrogens with two attached hydrogens (primary N) is 1. The second-order valence-electron chi connectivity index (χ2n) is 5.21. The number of hydrogen-bond donors (Lipinski definition) is 1. The van der Waals surface area contributed by atoms with Gasteiger partial charge in [0.15, 0.2) is 5.65 Å². The molecule has 1 atom stereocenters. The Hall–Kier alpha value is -1.56. The molecule has 2 aromatic heterocycles. The van der Waals surface area contributed by atoms with Crippen LogP contribution >= 0.6 is 0 Å². The van der Waals surface area contributed by atoms with Crippen molar-refractivity contribution in [2.75, 3.05) is 18.9 Å². The van der Waals surface area contributed by atoms with E-state index >= 15 is 0 Å². The summed E-state index contributed by atoms with van der Waals surface area (Å²) in [4.78, 5) is 4.45. The predicted octanol–water partition coefficient (Wildman–Crippen LogP) is 1.57. The molecule has 3 rings (SSSR count). The van der Waals surface area contributed by atoms with Gasteiger partial charge in [-0.3, -0.25) is 4.57 Å². The monoisotopic (exact) mass is 263 g/mol. The van der Waals surface area contributed by atoms with Crippen LogP contribution in [-0.2, 0) is 17.8 Å². The van der Waals surface area contributed by atoms with Gasteiger partial charge in [-0.1, -0.05) is 0 Å². The van der Waals surface area contributed by atoms with Crippen molar-refractivity contribution in [3.05, 3.63) is 5.69 Å². The summed E-state index contributed by atoms with van der Waals surface area (Å²) in [5, 5.41) is 4.50. The third-order valence-electron chi connectivity index (χ3n) is 3.91. The minimum Gasteiger partial charge on any atom is -0.381 e. The topological polar surface area (TPSA) is 70.9 Å². The predicted molar refractivity (Wildman–Crippen MR) is 73.9 cm³/mol. The van der Waals surface area contributed by atoms with E-state index in [-0.39, 0.29) is 0 Å². The molecule has 1 fully saturated rings. The van der Waals surface area contributed by atoms with Gasteiger partial charge < -0.3 is 10.5 Å². The second-order valence-corrected chi connectivity index (χ2v) is 5.21. The van der Waals surface area contributed by atoms with Crippen molar-refractivity contribution >= 4 is 17.1 Å². The van der Waals surface area contributed by atoms with Crippen LogP contribution in [0.2, 0.25) is 0 Å². The van der Waals surface area contributed by atoms with Crippen molar-refractivity contribution in [1.82, 2.24) is 19.3 Å². The first-order valence-corrected chi connectivity index (χ1v) is 6.97. The number of nitrogen functional groups attached to an aromatic ring is 1. The molecule has 0 spiro atoms. The van der Waals surface area contributed by atoms with Gasteiger partial charge in [0.2, 0.25) is 5.95 Å². The van der Waals surface area contributed by atoms with Crippen LogP contribution in [0, 0.1) is 12.8 Å². The fourth-order valence-electron chi connectivity index (χ4n) is 2.80. The average molecular weight is 263 g/mol. The number of anilines is 1. The Morgan fingerprint density at radius 2 is 2.32 bits per heavy atom. The summed E-state index contributed by atoms with van der Waals surface area (Å²) in [5.41, 5.74) is 8.99. The van der Waals surface area contributed by atoms with E-state index in [1.54, 1.807) is 0 Å². The highest BCUT2D eigenvalue weighted by Crippen LogP contribution is 2.24. The molecular weight excluding hydrogens is 242 g/mol.